The predicted octanol–water partition coefficient (Wildman–Crippen LogP) is 1.46. The van der Waals surface area contributed by atoms with E-state index >= 15 is 0 Å². The van der Waals surface area contributed by atoms with E-state index in [0.29, 0.717) is 13.2 Å². The van der Waals surface area contributed by atoms with E-state index in [-0.39, 0.29) is 18.5 Å². The number of nitrogens with zero attached hydrogens (tertiary/aromatic N) is 1. The topological polar surface area (TPSA) is 55.8 Å². The van der Waals surface area contributed by atoms with E-state index in [0.717, 1.165) is 0 Å². The van der Waals surface area contributed by atoms with Gasteiger partial charge in [-0.25, -0.2) is 4.79 Å². The minimum absolute atomic E-state index is 0.0279. The van der Waals surface area contributed by atoms with Crippen molar-refractivity contribution in [3.63, 3.8) is 0 Å². The van der Waals surface area contributed by atoms with Crippen molar-refractivity contribution < 1.29 is 19.1 Å². The highest BCUT2D eigenvalue weighted by Gasteiger charge is 2.19. The lowest BCUT2D eigenvalue weighted by molar-refractivity contribution is -0.121. The van der Waals surface area contributed by atoms with Crippen LogP contribution in [0, 0.1) is 0 Å². The van der Waals surface area contributed by atoms with Crippen molar-refractivity contribution in [3.05, 3.63) is 0 Å². The summed E-state index contributed by atoms with van der Waals surface area (Å²) >= 11 is 0. The maximum Gasteiger partial charge on any atom is 0.410 e. The van der Waals surface area contributed by atoms with Crippen molar-refractivity contribution in [3.8, 4) is 0 Å². The standard InChI is InChI=1S/C11H21NO4/c1-9(13)8-15-7-6-12(5)10(14)16-11(2,3)4/h6-8H2,1-5H3. The van der Waals surface area contributed by atoms with Crippen LogP contribution in [0.5, 0.6) is 0 Å². The molecule has 0 aliphatic heterocycles. The largest absolute Gasteiger partial charge is 0.444 e. The van der Waals surface area contributed by atoms with Crippen LogP contribution in [0.25, 0.3) is 0 Å². The second-order valence-electron chi connectivity index (χ2n) is 4.66. The summed E-state index contributed by atoms with van der Waals surface area (Å²) in [5.74, 6) is -0.0279. The fourth-order valence-electron chi connectivity index (χ4n) is 0.849. The molecule has 0 aromatic rings. The van der Waals surface area contributed by atoms with Crippen molar-refractivity contribution in [2.24, 2.45) is 0 Å². The van der Waals surface area contributed by atoms with Crippen molar-refractivity contribution in [1.82, 2.24) is 4.90 Å². The number of ketones is 1. The average molecular weight is 231 g/mol. The predicted molar refractivity (Wildman–Crippen MR) is 60.4 cm³/mol. The van der Waals surface area contributed by atoms with Gasteiger partial charge in [0.15, 0.2) is 5.78 Å². The first-order valence-corrected chi connectivity index (χ1v) is 5.23. The highest BCUT2D eigenvalue weighted by molar-refractivity contribution is 5.76. The van der Waals surface area contributed by atoms with Gasteiger partial charge in [-0.15, -0.1) is 0 Å². The van der Waals surface area contributed by atoms with Gasteiger partial charge in [0.25, 0.3) is 0 Å². The minimum atomic E-state index is -0.494. The maximum absolute atomic E-state index is 11.5. The smallest absolute Gasteiger partial charge is 0.410 e. The number of hydrogen-bond donors (Lipinski definition) is 0. The third kappa shape index (κ3) is 8.23. The van der Waals surface area contributed by atoms with Gasteiger partial charge in [0.2, 0.25) is 0 Å². The normalized spacial score (nSPS) is 11.1. The molecule has 16 heavy (non-hydrogen) atoms. The first-order chi connectivity index (χ1) is 7.22. The Hall–Kier alpha value is -1.10. The lowest BCUT2D eigenvalue weighted by atomic mass is 10.2. The maximum atomic E-state index is 11.5. The second-order valence-corrected chi connectivity index (χ2v) is 4.66. The molecule has 0 fully saturated rings. The van der Waals surface area contributed by atoms with E-state index in [1.54, 1.807) is 7.05 Å². The lowest BCUT2D eigenvalue weighted by Gasteiger charge is -2.24. The van der Waals surface area contributed by atoms with Gasteiger partial charge in [-0.05, 0) is 27.7 Å². The molecule has 94 valence electrons. The number of carbonyl (C=O) groups excluding carboxylic acids is 2. The molecule has 0 aromatic heterocycles. The molecule has 0 radical (unpaired) electrons. The molecule has 0 unspecified atom stereocenters. The van der Waals surface area contributed by atoms with Crippen molar-refractivity contribution in [1.29, 1.82) is 0 Å². The highest BCUT2D eigenvalue weighted by atomic mass is 16.6. The number of rotatable bonds is 5. The van der Waals surface area contributed by atoms with Crippen LogP contribution in [0.1, 0.15) is 27.7 Å². The van der Waals surface area contributed by atoms with Crippen LogP contribution in [0.3, 0.4) is 0 Å². The van der Waals surface area contributed by atoms with Crippen LogP contribution in [-0.2, 0) is 14.3 Å². The van der Waals surface area contributed by atoms with E-state index < -0.39 is 5.60 Å². The summed E-state index contributed by atoms with van der Waals surface area (Å²) in [5.41, 5.74) is -0.494. The molecule has 1 amide bonds. The van der Waals surface area contributed by atoms with Crippen molar-refractivity contribution >= 4 is 11.9 Å². The molecule has 0 aliphatic carbocycles. The summed E-state index contributed by atoms with van der Waals surface area (Å²) in [6.07, 6.45) is -0.390. The number of Topliss-reactive ketones (excluding diaryl/α,β-unsaturated/α-hetero) is 1. The summed E-state index contributed by atoms with van der Waals surface area (Å²) in [6, 6.07) is 0. The van der Waals surface area contributed by atoms with E-state index in [1.807, 2.05) is 20.8 Å². The Balaban J connectivity index is 3.76. The van der Waals surface area contributed by atoms with Gasteiger partial charge in [-0.2, -0.15) is 0 Å². The molecule has 5 nitrogen and oxygen atoms in total. The zero-order valence-electron chi connectivity index (χ0n) is 10.7. The number of amides is 1. The lowest BCUT2D eigenvalue weighted by Crippen LogP contribution is -2.36. The molecule has 0 saturated carbocycles. The van der Waals surface area contributed by atoms with Gasteiger partial charge < -0.3 is 14.4 Å². The van der Waals surface area contributed by atoms with Gasteiger partial charge in [0.1, 0.15) is 12.2 Å². The second kappa shape index (κ2) is 6.48. The molecule has 0 N–H and O–H groups in total. The Bertz CT molecular complexity index is 245. The van der Waals surface area contributed by atoms with Crippen LogP contribution >= 0.6 is 0 Å². The Morgan fingerprint density at radius 2 is 1.81 bits per heavy atom. The zero-order valence-corrected chi connectivity index (χ0v) is 10.7. The van der Waals surface area contributed by atoms with Crippen molar-refractivity contribution in [2.45, 2.75) is 33.3 Å². The summed E-state index contributed by atoms with van der Waals surface area (Å²) in [7, 11) is 1.63. The third-order valence-electron chi connectivity index (χ3n) is 1.58. The molecule has 0 atom stereocenters. The number of hydrogen-bond acceptors (Lipinski definition) is 4. The summed E-state index contributed by atoms with van der Waals surface area (Å²) in [5, 5.41) is 0. The Morgan fingerprint density at radius 3 is 2.25 bits per heavy atom. The number of carbonyl (C=O) groups is 2. The minimum Gasteiger partial charge on any atom is -0.444 e. The summed E-state index contributed by atoms with van der Waals surface area (Å²) in [6.45, 7) is 7.71. The summed E-state index contributed by atoms with van der Waals surface area (Å²) < 4.78 is 10.2. The summed E-state index contributed by atoms with van der Waals surface area (Å²) in [4.78, 5) is 23.5. The van der Waals surface area contributed by atoms with E-state index in [2.05, 4.69) is 0 Å². The number of ether oxygens (including phenoxy) is 2. The van der Waals surface area contributed by atoms with E-state index in [1.165, 1.54) is 11.8 Å². The molecule has 0 bridgehead atoms. The monoisotopic (exact) mass is 231 g/mol. The third-order valence-corrected chi connectivity index (χ3v) is 1.58. The average Bonchev–Trinajstić information content (AvgIpc) is 2.08. The first-order valence-electron chi connectivity index (χ1n) is 5.23. The Labute approximate surface area is 96.7 Å². The van der Waals surface area contributed by atoms with Gasteiger partial charge in [-0.1, -0.05) is 0 Å². The van der Waals surface area contributed by atoms with Crippen LogP contribution in [0.4, 0.5) is 4.79 Å². The molecule has 0 heterocycles. The van der Waals surface area contributed by atoms with Crippen LogP contribution < -0.4 is 0 Å². The van der Waals surface area contributed by atoms with E-state index in [4.69, 9.17) is 9.47 Å². The molecule has 0 saturated heterocycles. The molecule has 0 rings (SSSR count). The van der Waals surface area contributed by atoms with Crippen LogP contribution in [0.15, 0.2) is 0 Å². The molecule has 0 aromatic carbocycles. The van der Waals surface area contributed by atoms with Gasteiger partial charge in [-0.3, -0.25) is 4.79 Å². The highest BCUT2D eigenvalue weighted by Crippen LogP contribution is 2.08. The van der Waals surface area contributed by atoms with Gasteiger partial charge in [0, 0.05) is 13.6 Å². The quantitative estimate of drug-likeness (QED) is 0.672. The van der Waals surface area contributed by atoms with Crippen LogP contribution in [0.2, 0.25) is 0 Å². The molecule has 0 aliphatic rings. The van der Waals surface area contributed by atoms with Crippen LogP contribution in [-0.4, -0.2) is 49.2 Å². The molecular weight excluding hydrogens is 210 g/mol. The fraction of sp³-hybridized carbons (Fsp3) is 0.818. The molecule has 0 spiro atoms. The molecular formula is C11H21NO4. The van der Waals surface area contributed by atoms with Gasteiger partial charge in [0.05, 0.1) is 6.61 Å². The Kier molecular flexibility index (Phi) is 6.03. The fourth-order valence-corrected chi connectivity index (χ4v) is 0.849. The number of likely N-dealkylation sites (N-methyl/N-ethyl adjacent to an activating group) is 1. The molecule has 5 heteroatoms. The van der Waals surface area contributed by atoms with E-state index in [9.17, 15) is 9.59 Å². The SMILES string of the molecule is CC(=O)COCCN(C)C(=O)OC(C)(C)C. The van der Waals surface area contributed by atoms with Crippen molar-refractivity contribution in [2.75, 3.05) is 26.8 Å². The first kappa shape index (κ1) is 14.9. The zero-order chi connectivity index (χ0) is 12.8. The van der Waals surface area contributed by atoms with Gasteiger partial charge >= 0.3 is 6.09 Å². The Morgan fingerprint density at radius 1 is 1.25 bits per heavy atom.